The molecule has 0 unspecified atom stereocenters. The fourth-order valence-electron chi connectivity index (χ4n) is 3.23. The van der Waals surface area contributed by atoms with Crippen LogP contribution >= 0.6 is 0 Å². The molecule has 152 valence electrons. The molecule has 7 nitrogen and oxygen atoms in total. The summed E-state index contributed by atoms with van der Waals surface area (Å²) >= 11 is 0. The van der Waals surface area contributed by atoms with Crippen LogP contribution in [0, 0.1) is 6.92 Å². The number of hydrogen-bond donors (Lipinski definition) is 1. The Labute approximate surface area is 168 Å². The van der Waals surface area contributed by atoms with Gasteiger partial charge < -0.3 is 10.1 Å². The zero-order valence-electron chi connectivity index (χ0n) is 17.1. The molecular weight excluding hydrogens is 370 g/mol. The summed E-state index contributed by atoms with van der Waals surface area (Å²) in [6.45, 7) is 5.56. The molecule has 1 amide bonds. The number of benzene rings is 2. The van der Waals surface area contributed by atoms with Crippen molar-refractivity contribution >= 4 is 16.8 Å². The molecule has 1 atom stereocenters. The Morgan fingerprint density at radius 1 is 1.17 bits per heavy atom. The SMILES string of the molecule is CC[C@@H](C)NC(=O)Cn1c(=O)n(-c2ccccc2OC)c(=O)c2cc(C)ccc21. The van der Waals surface area contributed by atoms with Crippen LogP contribution < -0.4 is 21.3 Å². The number of nitrogens with zero attached hydrogens (tertiary/aromatic N) is 2. The predicted molar refractivity (Wildman–Crippen MR) is 113 cm³/mol. The second-order valence-electron chi connectivity index (χ2n) is 7.08. The van der Waals surface area contributed by atoms with Crippen LogP contribution in [0.15, 0.2) is 52.1 Å². The van der Waals surface area contributed by atoms with Gasteiger partial charge in [0.1, 0.15) is 12.3 Å². The molecule has 0 saturated carbocycles. The van der Waals surface area contributed by atoms with E-state index in [4.69, 9.17) is 4.74 Å². The van der Waals surface area contributed by atoms with Gasteiger partial charge in [0.2, 0.25) is 5.91 Å². The van der Waals surface area contributed by atoms with Gasteiger partial charge in [-0.3, -0.25) is 14.2 Å². The van der Waals surface area contributed by atoms with Gasteiger partial charge in [0.15, 0.2) is 0 Å². The molecule has 0 radical (unpaired) electrons. The number of methoxy groups -OCH3 is 1. The highest BCUT2D eigenvalue weighted by molar-refractivity contribution is 5.82. The van der Waals surface area contributed by atoms with Gasteiger partial charge in [-0.2, -0.15) is 0 Å². The first-order chi connectivity index (χ1) is 13.9. The number of amides is 1. The average Bonchev–Trinajstić information content (AvgIpc) is 2.71. The van der Waals surface area contributed by atoms with Crippen molar-refractivity contribution in [1.82, 2.24) is 14.5 Å². The zero-order valence-corrected chi connectivity index (χ0v) is 17.1. The van der Waals surface area contributed by atoms with Crippen LogP contribution in [-0.4, -0.2) is 28.2 Å². The molecule has 0 aliphatic rings. The number of fused-ring (bicyclic) bond motifs is 1. The van der Waals surface area contributed by atoms with E-state index in [1.165, 1.54) is 11.7 Å². The van der Waals surface area contributed by atoms with Crippen LogP contribution in [0.2, 0.25) is 0 Å². The molecular formula is C22H25N3O4. The minimum Gasteiger partial charge on any atom is -0.495 e. The lowest BCUT2D eigenvalue weighted by molar-refractivity contribution is -0.122. The highest BCUT2D eigenvalue weighted by Crippen LogP contribution is 2.20. The van der Waals surface area contributed by atoms with Gasteiger partial charge in [0.25, 0.3) is 5.56 Å². The third-order valence-electron chi connectivity index (χ3n) is 4.95. The molecule has 0 spiro atoms. The number of nitrogens with one attached hydrogen (secondary N) is 1. The van der Waals surface area contributed by atoms with E-state index in [2.05, 4.69) is 5.32 Å². The lowest BCUT2D eigenvalue weighted by Gasteiger charge is -2.17. The number of aryl methyl sites for hydroxylation is 1. The van der Waals surface area contributed by atoms with Crippen LogP contribution in [0.4, 0.5) is 0 Å². The van der Waals surface area contributed by atoms with Gasteiger partial charge in [-0.1, -0.05) is 30.7 Å². The van der Waals surface area contributed by atoms with Crippen LogP contribution in [0.25, 0.3) is 16.6 Å². The summed E-state index contributed by atoms with van der Waals surface area (Å²) < 4.78 is 7.75. The summed E-state index contributed by atoms with van der Waals surface area (Å²) in [5.41, 5.74) is 0.614. The van der Waals surface area contributed by atoms with Crippen LogP contribution in [0.3, 0.4) is 0 Å². The Morgan fingerprint density at radius 2 is 1.90 bits per heavy atom. The molecule has 0 saturated heterocycles. The standard InChI is InChI=1S/C22H25N3O4/c1-5-15(3)23-20(26)13-24-17-11-10-14(2)12-16(17)21(27)25(22(24)28)18-8-6-7-9-19(18)29-4/h6-12,15H,5,13H2,1-4H3,(H,23,26)/t15-/m1/s1. The topological polar surface area (TPSA) is 82.3 Å². The summed E-state index contributed by atoms with van der Waals surface area (Å²) in [5, 5.41) is 3.23. The fourth-order valence-corrected chi connectivity index (χ4v) is 3.23. The number of carbonyl (C=O) groups excluding carboxylic acids is 1. The van der Waals surface area contributed by atoms with Crippen molar-refractivity contribution in [2.45, 2.75) is 39.8 Å². The van der Waals surface area contributed by atoms with E-state index in [1.807, 2.05) is 26.8 Å². The van der Waals surface area contributed by atoms with Crippen molar-refractivity contribution < 1.29 is 9.53 Å². The normalized spacial score (nSPS) is 12.0. The maximum absolute atomic E-state index is 13.3. The number of ether oxygens (including phenoxy) is 1. The summed E-state index contributed by atoms with van der Waals surface area (Å²) in [6, 6.07) is 12.1. The first-order valence-electron chi connectivity index (χ1n) is 9.56. The maximum Gasteiger partial charge on any atom is 0.336 e. The molecule has 0 bridgehead atoms. The van der Waals surface area contributed by atoms with E-state index in [1.54, 1.807) is 36.4 Å². The summed E-state index contributed by atoms with van der Waals surface area (Å²) in [7, 11) is 1.48. The summed E-state index contributed by atoms with van der Waals surface area (Å²) in [4.78, 5) is 39.1. The minimum atomic E-state index is -0.588. The molecule has 7 heteroatoms. The van der Waals surface area contributed by atoms with Crippen molar-refractivity contribution in [2.24, 2.45) is 0 Å². The van der Waals surface area contributed by atoms with Gasteiger partial charge in [0.05, 0.1) is 23.7 Å². The van der Waals surface area contributed by atoms with Crippen molar-refractivity contribution in [3.8, 4) is 11.4 Å². The minimum absolute atomic E-state index is 0.00756. The van der Waals surface area contributed by atoms with Gasteiger partial charge in [-0.15, -0.1) is 0 Å². The smallest absolute Gasteiger partial charge is 0.336 e. The number of aromatic nitrogens is 2. The largest absolute Gasteiger partial charge is 0.495 e. The van der Waals surface area contributed by atoms with E-state index >= 15 is 0 Å². The molecule has 3 aromatic rings. The summed E-state index contributed by atoms with van der Waals surface area (Å²) in [6.07, 6.45) is 0.779. The van der Waals surface area contributed by atoms with Crippen molar-refractivity contribution in [3.05, 3.63) is 68.9 Å². The molecule has 1 N–H and O–H groups in total. The Hall–Kier alpha value is -3.35. The fraction of sp³-hybridized carbons (Fsp3) is 0.318. The molecule has 0 aliphatic carbocycles. The number of para-hydroxylation sites is 2. The van der Waals surface area contributed by atoms with E-state index in [0.29, 0.717) is 22.3 Å². The van der Waals surface area contributed by atoms with Gasteiger partial charge in [0, 0.05) is 6.04 Å². The van der Waals surface area contributed by atoms with E-state index in [0.717, 1.165) is 16.6 Å². The molecule has 3 rings (SSSR count). The van der Waals surface area contributed by atoms with E-state index in [9.17, 15) is 14.4 Å². The summed E-state index contributed by atoms with van der Waals surface area (Å²) in [5.74, 6) is 0.114. The predicted octanol–water partition coefficient (Wildman–Crippen LogP) is 2.38. The monoisotopic (exact) mass is 395 g/mol. The quantitative estimate of drug-likeness (QED) is 0.695. The first-order valence-corrected chi connectivity index (χ1v) is 9.56. The van der Waals surface area contributed by atoms with Gasteiger partial charge in [-0.25, -0.2) is 9.36 Å². The Bertz CT molecular complexity index is 1180. The third-order valence-corrected chi connectivity index (χ3v) is 4.95. The number of rotatable bonds is 6. The van der Waals surface area contributed by atoms with Crippen molar-refractivity contribution in [1.29, 1.82) is 0 Å². The third kappa shape index (κ3) is 3.94. The van der Waals surface area contributed by atoms with Gasteiger partial charge >= 0.3 is 5.69 Å². The molecule has 1 heterocycles. The number of hydrogen-bond acceptors (Lipinski definition) is 4. The highest BCUT2D eigenvalue weighted by Gasteiger charge is 2.19. The van der Waals surface area contributed by atoms with Crippen molar-refractivity contribution in [2.75, 3.05) is 7.11 Å². The highest BCUT2D eigenvalue weighted by atomic mass is 16.5. The lowest BCUT2D eigenvalue weighted by Crippen LogP contribution is -2.43. The molecule has 0 fully saturated rings. The Balaban J connectivity index is 2.29. The Kier molecular flexibility index (Phi) is 5.87. The molecule has 2 aromatic carbocycles. The molecule has 29 heavy (non-hydrogen) atoms. The van der Waals surface area contributed by atoms with Crippen LogP contribution in [0.1, 0.15) is 25.8 Å². The van der Waals surface area contributed by atoms with E-state index < -0.39 is 11.2 Å². The van der Waals surface area contributed by atoms with E-state index in [-0.39, 0.29) is 18.5 Å². The second kappa shape index (κ2) is 8.34. The number of carbonyl (C=O) groups is 1. The van der Waals surface area contributed by atoms with Crippen molar-refractivity contribution in [3.63, 3.8) is 0 Å². The Morgan fingerprint density at radius 3 is 2.59 bits per heavy atom. The molecule has 0 aliphatic heterocycles. The zero-order chi connectivity index (χ0) is 21.1. The lowest BCUT2D eigenvalue weighted by atomic mass is 10.1. The van der Waals surface area contributed by atoms with Crippen LogP contribution in [0.5, 0.6) is 5.75 Å². The maximum atomic E-state index is 13.3. The van der Waals surface area contributed by atoms with Gasteiger partial charge in [-0.05, 0) is 44.5 Å². The first kappa shape index (κ1) is 20.4. The average molecular weight is 395 g/mol. The van der Waals surface area contributed by atoms with Crippen LogP contribution in [-0.2, 0) is 11.3 Å². The molecule has 1 aromatic heterocycles. The second-order valence-corrected chi connectivity index (χ2v) is 7.08.